The van der Waals surface area contributed by atoms with Crippen molar-refractivity contribution in [1.82, 2.24) is 0 Å². The average Bonchev–Trinajstić information content (AvgIpc) is 2.32. The van der Waals surface area contributed by atoms with Crippen molar-refractivity contribution >= 4 is 23.3 Å². The largest absolute Gasteiger partial charge is 0.459 e. The number of hydrogen-bond donors (Lipinski definition) is 1. The number of rotatable bonds is 2. The summed E-state index contributed by atoms with van der Waals surface area (Å²) in [7, 11) is 0. The fraction of sp³-hybridized carbons (Fsp3) is 0.500. The highest BCUT2D eigenvalue weighted by Crippen LogP contribution is 2.28. The molecule has 1 aliphatic carbocycles. The normalized spacial score (nSPS) is 23.7. The van der Waals surface area contributed by atoms with Gasteiger partial charge in [0.25, 0.3) is 0 Å². The van der Waals surface area contributed by atoms with Crippen LogP contribution < -0.4 is 5.73 Å². The maximum atomic E-state index is 12.0. The molecular formula is C14H18ClNO2. The van der Waals surface area contributed by atoms with Crippen LogP contribution in [-0.2, 0) is 4.74 Å². The molecule has 0 radical (unpaired) electrons. The van der Waals surface area contributed by atoms with Crippen molar-refractivity contribution in [3.63, 3.8) is 0 Å². The molecule has 0 amide bonds. The minimum atomic E-state index is -0.367. The number of carbonyl (C=O) groups excluding carboxylic acids is 1. The smallest absolute Gasteiger partial charge is 0.340 e. The SMILES string of the molecule is CC1CCCC(OC(=O)c2cccc(Cl)c2N)C1. The summed E-state index contributed by atoms with van der Waals surface area (Å²) in [5, 5.41) is 0.390. The topological polar surface area (TPSA) is 52.3 Å². The number of para-hydroxylation sites is 1. The van der Waals surface area contributed by atoms with Crippen LogP contribution in [0, 0.1) is 5.92 Å². The fourth-order valence-corrected chi connectivity index (χ4v) is 2.59. The zero-order valence-corrected chi connectivity index (χ0v) is 11.2. The van der Waals surface area contributed by atoms with E-state index in [2.05, 4.69) is 6.92 Å². The van der Waals surface area contributed by atoms with Gasteiger partial charge in [-0.3, -0.25) is 0 Å². The monoisotopic (exact) mass is 267 g/mol. The van der Waals surface area contributed by atoms with Gasteiger partial charge in [0.2, 0.25) is 0 Å². The van der Waals surface area contributed by atoms with E-state index in [9.17, 15) is 4.79 Å². The van der Waals surface area contributed by atoms with Crippen molar-refractivity contribution in [2.75, 3.05) is 5.73 Å². The molecule has 2 rings (SSSR count). The molecule has 0 aliphatic heterocycles. The first kappa shape index (κ1) is 13.2. The molecule has 18 heavy (non-hydrogen) atoms. The molecule has 98 valence electrons. The first-order valence-corrected chi connectivity index (χ1v) is 6.70. The van der Waals surface area contributed by atoms with Gasteiger partial charge in [-0.1, -0.05) is 31.0 Å². The number of carbonyl (C=O) groups is 1. The third kappa shape index (κ3) is 2.96. The second kappa shape index (κ2) is 5.61. The highest BCUT2D eigenvalue weighted by Gasteiger charge is 2.23. The van der Waals surface area contributed by atoms with Crippen LogP contribution in [0.25, 0.3) is 0 Å². The number of anilines is 1. The van der Waals surface area contributed by atoms with E-state index in [4.69, 9.17) is 22.1 Å². The average molecular weight is 268 g/mol. The fourth-order valence-electron chi connectivity index (χ4n) is 2.42. The highest BCUT2D eigenvalue weighted by molar-refractivity contribution is 6.33. The van der Waals surface area contributed by atoms with Crippen LogP contribution in [0.15, 0.2) is 18.2 Å². The molecule has 1 saturated carbocycles. The molecular weight excluding hydrogens is 250 g/mol. The van der Waals surface area contributed by atoms with Crippen molar-refractivity contribution < 1.29 is 9.53 Å². The summed E-state index contributed by atoms with van der Waals surface area (Å²) in [4.78, 5) is 12.0. The van der Waals surface area contributed by atoms with Gasteiger partial charge in [0.1, 0.15) is 6.10 Å². The maximum Gasteiger partial charge on any atom is 0.340 e. The molecule has 1 aliphatic rings. The maximum absolute atomic E-state index is 12.0. The number of hydrogen-bond acceptors (Lipinski definition) is 3. The third-order valence-corrected chi connectivity index (χ3v) is 3.76. The molecule has 0 bridgehead atoms. The Balaban J connectivity index is 2.05. The lowest BCUT2D eigenvalue weighted by Gasteiger charge is -2.26. The van der Waals surface area contributed by atoms with Gasteiger partial charge in [-0.25, -0.2) is 4.79 Å². The Labute approximate surface area is 112 Å². The first-order valence-electron chi connectivity index (χ1n) is 6.33. The zero-order chi connectivity index (χ0) is 13.1. The van der Waals surface area contributed by atoms with Gasteiger partial charge in [0, 0.05) is 0 Å². The van der Waals surface area contributed by atoms with Gasteiger partial charge >= 0.3 is 5.97 Å². The van der Waals surface area contributed by atoms with Crippen LogP contribution in [0.4, 0.5) is 5.69 Å². The van der Waals surface area contributed by atoms with Crippen molar-refractivity contribution in [1.29, 1.82) is 0 Å². The third-order valence-electron chi connectivity index (χ3n) is 3.43. The summed E-state index contributed by atoms with van der Waals surface area (Å²) in [5.41, 5.74) is 6.44. The Bertz CT molecular complexity index is 447. The number of benzene rings is 1. The first-order chi connectivity index (χ1) is 8.58. The number of nitrogen functional groups attached to an aromatic ring is 1. The van der Waals surface area contributed by atoms with Gasteiger partial charge in [-0.05, 0) is 37.3 Å². The van der Waals surface area contributed by atoms with Crippen LogP contribution in [0.1, 0.15) is 43.0 Å². The van der Waals surface area contributed by atoms with E-state index in [0.29, 0.717) is 22.2 Å². The van der Waals surface area contributed by atoms with Crippen molar-refractivity contribution in [3.8, 4) is 0 Å². The van der Waals surface area contributed by atoms with Crippen molar-refractivity contribution in [2.45, 2.75) is 38.7 Å². The van der Waals surface area contributed by atoms with Crippen LogP contribution in [0.2, 0.25) is 5.02 Å². The summed E-state index contributed by atoms with van der Waals surface area (Å²) in [6.07, 6.45) is 4.22. The lowest BCUT2D eigenvalue weighted by Crippen LogP contribution is -2.25. The zero-order valence-electron chi connectivity index (χ0n) is 10.5. The van der Waals surface area contributed by atoms with Crippen molar-refractivity contribution in [3.05, 3.63) is 28.8 Å². The van der Waals surface area contributed by atoms with E-state index in [1.54, 1.807) is 18.2 Å². The molecule has 1 fully saturated rings. The predicted molar refractivity (Wildman–Crippen MR) is 72.7 cm³/mol. The molecule has 1 aromatic rings. The molecule has 0 aromatic heterocycles. The molecule has 2 N–H and O–H groups in total. The Kier molecular flexibility index (Phi) is 4.12. The van der Waals surface area contributed by atoms with Gasteiger partial charge in [-0.2, -0.15) is 0 Å². The Morgan fingerprint density at radius 3 is 2.94 bits per heavy atom. The molecule has 2 unspecified atom stereocenters. The van der Waals surface area contributed by atoms with Crippen LogP contribution in [0.5, 0.6) is 0 Å². The van der Waals surface area contributed by atoms with Gasteiger partial charge in [0.05, 0.1) is 16.3 Å². The number of ether oxygens (including phenoxy) is 1. The summed E-state index contributed by atoms with van der Waals surface area (Å²) >= 11 is 5.89. The Morgan fingerprint density at radius 1 is 1.44 bits per heavy atom. The second-order valence-corrected chi connectivity index (χ2v) is 5.41. The lowest BCUT2D eigenvalue weighted by atomic mass is 9.89. The van der Waals surface area contributed by atoms with E-state index in [1.807, 2.05) is 0 Å². The van der Waals surface area contributed by atoms with Gasteiger partial charge in [0.15, 0.2) is 0 Å². The molecule has 2 atom stereocenters. The van der Waals surface area contributed by atoms with Gasteiger partial charge < -0.3 is 10.5 Å². The minimum Gasteiger partial charge on any atom is -0.459 e. The van der Waals surface area contributed by atoms with E-state index in [1.165, 1.54) is 6.42 Å². The summed E-state index contributed by atoms with van der Waals surface area (Å²) in [5.74, 6) is 0.252. The van der Waals surface area contributed by atoms with Crippen molar-refractivity contribution in [2.24, 2.45) is 5.92 Å². The number of nitrogens with two attached hydrogens (primary N) is 1. The number of halogens is 1. The standard InChI is InChI=1S/C14H18ClNO2/c1-9-4-2-5-10(8-9)18-14(17)11-6-3-7-12(15)13(11)16/h3,6-7,9-10H,2,4-5,8,16H2,1H3. The number of esters is 1. The Hall–Kier alpha value is -1.22. The van der Waals surface area contributed by atoms with E-state index in [0.717, 1.165) is 19.3 Å². The molecule has 0 heterocycles. The molecule has 3 nitrogen and oxygen atoms in total. The van der Waals surface area contributed by atoms with E-state index in [-0.39, 0.29) is 12.1 Å². The van der Waals surface area contributed by atoms with Crippen LogP contribution in [-0.4, -0.2) is 12.1 Å². The lowest BCUT2D eigenvalue weighted by molar-refractivity contribution is 0.0156. The summed E-state index contributed by atoms with van der Waals surface area (Å²) < 4.78 is 5.51. The van der Waals surface area contributed by atoms with E-state index >= 15 is 0 Å². The van der Waals surface area contributed by atoms with E-state index < -0.39 is 0 Å². The Morgan fingerprint density at radius 2 is 2.22 bits per heavy atom. The van der Waals surface area contributed by atoms with Crippen LogP contribution >= 0.6 is 11.6 Å². The minimum absolute atomic E-state index is 0.0135. The predicted octanol–water partition coefficient (Wildman–Crippen LogP) is 3.66. The van der Waals surface area contributed by atoms with Crippen LogP contribution in [0.3, 0.4) is 0 Å². The highest BCUT2D eigenvalue weighted by atomic mass is 35.5. The summed E-state index contributed by atoms with van der Waals surface area (Å²) in [6.45, 7) is 2.19. The quantitative estimate of drug-likeness (QED) is 0.657. The molecule has 0 spiro atoms. The molecule has 1 aromatic carbocycles. The molecule has 0 saturated heterocycles. The molecule has 4 heteroatoms. The van der Waals surface area contributed by atoms with Gasteiger partial charge in [-0.15, -0.1) is 0 Å². The second-order valence-electron chi connectivity index (χ2n) is 5.00. The summed E-state index contributed by atoms with van der Waals surface area (Å²) in [6, 6.07) is 5.02.